The Bertz CT molecular complexity index is 498. The number of aliphatic hydroxyl groups is 1. The minimum atomic E-state index is -0.854. The highest BCUT2D eigenvalue weighted by Gasteiger charge is 2.19. The molecule has 1 aliphatic rings. The summed E-state index contributed by atoms with van der Waals surface area (Å²) in [4.78, 5) is 11.3. The molecule has 110 valence electrons. The highest BCUT2D eigenvalue weighted by Crippen LogP contribution is 2.39. The molecular formula is C13H16ClNO4S. The SMILES string of the molecule is O=C(CCS)NCC(O)c1cc(Cl)c2c(c1)OCCO2. The van der Waals surface area contributed by atoms with Gasteiger partial charge < -0.3 is 19.9 Å². The van der Waals surface area contributed by atoms with Crippen LogP contribution in [0.2, 0.25) is 5.02 Å². The predicted octanol–water partition coefficient (Wildman–Crippen LogP) is 1.58. The van der Waals surface area contributed by atoms with E-state index in [2.05, 4.69) is 17.9 Å². The molecule has 0 saturated carbocycles. The molecule has 0 aromatic heterocycles. The number of carbonyl (C=O) groups is 1. The standard InChI is InChI=1S/C13H16ClNO4S/c14-9-5-8(6-11-13(9)19-3-2-18-11)10(16)7-15-12(17)1-4-20/h5-6,10,16,20H,1-4,7H2,(H,15,17). The molecule has 5 nitrogen and oxygen atoms in total. The average Bonchev–Trinajstić information content (AvgIpc) is 2.45. The van der Waals surface area contributed by atoms with Crippen molar-refractivity contribution in [3.8, 4) is 11.5 Å². The van der Waals surface area contributed by atoms with E-state index < -0.39 is 6.10 Å². The van der Waals surface area contributed by atoms with Crippen molar-refractivity contribution in [2.45, 2.75) is 12.5 Å². The maximum atomic E-state index is 11.3. The first-order chi connectivity index (χ1) is 9.61. The fourth-order valence-corrected chi connectivity index (χ4v) is 2.32. The van der Waals surface area contributed by atoms with Crippen LogP contribution in [0.25, 0.3) is 0 Å². The van der Waals surface area contributed by atoms with Crippen molar-refractivity contribution in [2.75, 3.05) is 25.5 Å². The minimum Gasteiger partial charge on any atom is -0.486 e. The molecule has 0 aliphatic carbocycles. The largest absolute Gasteiger partial charge is 0.486 e. The van der Waals surface area contributed by atoms with E-state index in [9.17, 15) is 9.90 Å². The first-order valence-electron chi connectivity index (χ1n) is 6.26. The van der Waals surface area contributed by atoms with Gasteiger partial charge in [-0.2, -0.15) is 12.6 Å². The maximum Gasteiger partial charge on any atom is 0.220 e. The molecule has 2 N–H and O–H groups in total. The third-order valence-electron chi connectivity index (χ3n) is 2.84. The van der Waals surface area contributed by atoms with Crippen molar-refractivity contribution in [3.05, 3.63) is 22.7 Å². The van der Waals surface area contributed by atoms with Crippen LogP contribution in [0.3, 0.4) is 0 Å². The zero-order valence-electron chi connectivity index (χ0n) is 10.8. The smallest absolute Gasteiger partial charge is 0.220 e. The Morgan fingerprint density at radius 3 is 2.95 bits per heavy atom. The summed E-state index contributed by atoms with van der Waals surface area (Å²) >= 11 is 10.1. The summed E-state index contributed by atoms with van der Waals surface area (Å²) in [7, 11) is 0. The summed E-state index contributed by atoms with van der Waals surface area (Å²) < 4.78 is 10.8. The van der Waals surface area contributed by atoms with Gasteiger partial charge in [0.15, 0.2) is 11.5 Å². The van der Waals surface area contributed by atoms with E-state index in [-0.39, 0.29) is 12.5 Å². The van der Waals surface area contributed by atoms with Gasteiger partial charge in [0.05, 0.1) is 11.1 Å². The van der Waals surface area contributed by atoms with Gasteiger partial charge >= 0.3 is 0 Å². The Morgan fingerprint density at radius 1 is 1.45 bits per heavy atom. The van der Waals surface area contributed by atoms with Crippen LogP contribution >= 0.6 is 24.2 Å². The molecule has 0 saturated heterocycles. The van der Waals surface area contributed by atoms with Gasteiger partial charge in [-0.15, -0.1) is 0 Å². The van der Waals surface area contributed by atoms with Gasteiger partial charge in [0.1, 0.15) is 13.2 Å². The van der Waals surface area contributed by atoms with Gasteiger partial charge in [0, 0.05) is 13.0 Å². The lowest BCUT2D eigenvalue weighted by atomic mass is 10.1. The summed E-state index contributed by atoms with van der Waals surface area (Å²) in [5.74, 6) is 1.33. The van der Waals surface area contributed by atoms with Crippen LogP contribution in [-0.2, 0) is 4.79 Å². The average molecular weight is 318 g/mol. The van der Waals surface area contributed by atoms with E-state index in [1.54, 1.807) is 12.1 Å². The van der Waals surface area contributed by atoms with Crippen LogP contribution in [0.15, 0.2) is 12.1 Å². The number of hydrogen-bond donors (Lipinski definition) is 3. The molecule has 20 heavy (non-hydrogen) atoms. The van der Waals surface area contributed by atoms with Crippen molar-refractivity contribution in [3.63, 3.8) is 0 Å². The highest BCUT2D eigenvalue weighted by molar-refractivity contribution is 7.80. The number of amides is 1. The molecule has 1 aliphatic heterocycles. The molecule has 1 aromatic carbocycles. The molecule has 7 heteroatoms. The third-order valence-corrected chi connectivity index (χ3v) is 3.34. The summed E-state index contributed by atoms with van der Waals surface area (Å²) in [6.45, 7) is 1.01. The van der Waals surface area contributed by atoms with Gasteiger partial charge in [-0.3, -0.25) is 4.79 Å². The topological polar surface area (TPSA) is 67.8 Å². The molecule has 1 heterocycles. The van der Waals surface area contributed by atoms with Crippen LogP contribution in [0.1, 0.15) is 18.1 Å². The second kappa shape index (κ2) is 7.06. The predicted molar refractivity (Wildman–Crippen MR) is 78.9 cm³/mol. The quantitative estimate of drug-likeness (QED) is 0.721. The number of thiol groups is 1. The Kier molecular flexibility index (Phi) is 5.39. The first-order valence-corrected chi connectivity index (χ1v) is 7.27. The molecule has 2 rings (SSSR count). The van der Waals surface area contributed by atoms with E-state index in [4.69, 9.17) is 21.1 Å². The first kappa shape index (κ1) is 15.3. The number of rotatable bonds is 5. The number of fused-ring (bicyclic) bond motifs is 1. The van der Waals surface area contributed by atoms with Crippen LogP contribution < -0.4 is 14.8 Å². The van der Waals surface area contributed by atoms with Crippen LogP contribution in [0, 0.1) is 0 Å². The Hall–Kier alpha value is -1.11. The molecule has 0 bridgehead atoms. The monoisotopic (exact) mass is 317 g/mol. The van der Waals surface area contributed by atoms with Gasteiger partial charge in [0.25, 0.3) is 0 Å². The number of aliphatic hydroxyl groups excluding tert-OH is 1. The van der Waals surface area contributed by atoms with E-state index >= 15 is 0 Å². The zero-order chi connectivity index (χ0) is 14.5. The van der Waals surface area contributed by atoms with Gasteiger partial charge in [-0.05, 0) is 23.4 Å². The number of hydrogen-bond acceptors (Lipinski definition) is 5. The summed E-state index contributed by atoms with van der Waals surface area (Å²) in [6, 6.07) is 3.29. The maximum absolute atomic E-state index is 11.3. The number of ether oxygens (including phenoxy) is 2. The fourth-order valence-electron chi connectivity index (χ4n) is 1.84. The molecule has 0 radical (unpaired) electrons. The van der Waals surface area contributed by atoms with Crippen LogP contribution in [0.4, 0.5) is 0 Å². The number of halogens is 1. The Labute approximate surface area is 127 Å². The lowest BCUT2D eigenvalue weighted by molar-refractivity contribution is -0.121. The van der Waals surface area contributed by atoms with E-state index in [1.807, 2.05) is 0 Å². The highest BCUT2D eigenvalue weighted by atomic mass is 35.5. The number of nitrogens with one attached hydrogen (secondary N) is 1. The van der Waals surface area contributed by atoms with E-state index in [0.29, 0.717) is 47.5 Å². The normalized spacial score (nSPS) is 14.8. The Balaban J connectivity index is 2.04. The van der Waals surface area contributed by atoms with Crippen molar-refractivity contribution in [1.29, 1.82) is 0 Å². The van der Waals surface area contributed by atoms with Gasteiger partial charge in [-0.1, -0.05) is 11.6 Å². The summed E-state index contributed by atoms with van der Waals surface area (Å²) in [5, 5.41) is 13.1. The van der Waals surface area contributed by atoms with Crippen molar-refractivity contribution in [1.82, 2.24) is 5.32 Å². The second-order valence-corrected chi connectivity index (χ2v) is 5.17. The third kappa shape index (κ3) is 3.71. The summed E-state index contributed by atoms with van der Waals surface area (Å²) in [5.41, 5.74) is 0.574. The van der Waals surface area contributed by atoms with Gasteiger partial charge in [0.2, 0.25) is 5.91 Å². The van der Waals surface area contributed by atoms with Crippen molar-refractivity contribution in [2.24, 2.45) is 0 Å². The van der Waals surface area contributed by atoms with Crippen LogP contribution in [-0.4, -0.2) is 36.5 Å². The number of carbonyl (C=O) groups excluding carboxylic acids is 1. The fraction of sp³-hybridized carbons (Fsp3) is 0.462. The molecular weight excluding hydrogens is 302 g/mol. The van der Waals surface area contributed by atoms with Crippen molar-refractivity contribution >= 4 is 30.1 Å². The molecule has 1 unspecified atom stereocenters. The van der Waals surface area contributed by atoms with Gasteiger partial charge in [-0.25, -0.2) is 0 Å². The Morgan fingerprint density at radius 2 is 2.20 bits per heavy atom. The van der Waals surface area contributed by atoms with Crippen molar-refractivity contribution < 1.29 is 19.4 Å². The lowest BCUT2D eigenvalue weighted by Crippen LogP contribution is -2.28. The lowest BCUT2D eigenvalue weighted by Gasteiger charge is -2.21. The van der Waals surface area contributed by atoms with E-state index in [0.717, 1.165) is 0 Å². The summed E-state index contributed by atoms with van der Waals surface area (Å²) in [6.07, 6.45) is -0.537. The molecule has 1 aromatic rings. The molecule has 1 atom stereocenters. The van der Waals surface area contributed by atoms with Crippen LogP contribution in [0.5, 0.6) is 11.5 Å². The molecule has 0 spiro atoms. The van der Waals surface area contributed by atoms with E-state index in [1.165, 1.54) is 0 Å². The minimum absolute atomic E-state index is 0.114. The molecule has 1 amide bonds. The second-order valence-electron chi connectivity index (χ2n) is 4.32. The number of benzene rings is 1. The molecule has 0 fully saturated rings. The zero-order valence-corrected chi connectivity index (χ0v) is 12.4.